The van der Waals surface area contributed by atoms with Crippen molar-refractivity contribution in [3.63, 3.8) is 0 Å². The normalized spacial score (nSPS) is 12.0. The number of rotatable bonds is 0. The smallest absolute Gasteiger partial charge is 0.0551 e. The van der Waals surface area contributed by atoms with Crippen molar-refractivity contribution in [2.24, 2.45) is 0 Å². The minimum Gasteiger partial charge on any atom is -0.354 e. The second kappa shape index (κ2) is 5.00. The van der Waals surface area contributed by atoms with Gasteiger partial charge in [0.1, 0.15) is 0 Å². The van der Waals surface area contributed by atoms with Crippen LogP contribution in [0.25, 0.3) is 54.1 Å². The van der Waals surface area contributed by atoms with Crippen LogP contribution in [0.15, 0.2) is 78.9 Å². The van der Waals surface area contributed by atoms with Crippen molar-refractivity contribution in [2.75, 3.05) is 0 Å². The van der Waals surface area contributed by atoms with Crippen molar-refractivity contribution in [1.29, 1.82) is 0 Å². The van der Waals surface area contributed by atoms with Gasteiger partial charge in [-0.15, -0.1) is 0 Å². The molecule has 6 rings (SSSR count). The van der Waals surface area contributed by atoms with Crippen LogP contribution in [0.2, 0.25) is 5.02 Å². The molecule has 0 aliphatic rings. The molecule has 26 heavy (non-hydrogen) atoms. The van der Waals surface area contributed by atoms with E-state index in [9.17, 15) is 0 Å². The maximum Gasteiger partial charge on any atom is 0.0551 e. The zero-order valence-electron chi connectivity index (χ0n) is 13.9. The lowest BCUT2D eigenvalue weighted by atomic mass is 9.93. The van der Waals surface area contributed by atoms with Crippen LogP contribution in [0.4, 0.5) is 0 Å². The molecule has 0 fully saturated rings. The first-order chi connectivity index (χ1) is 12.8. The highest BCUT2D eigenvalue weighted by Crippen LogP contribution is 2.42. The molecule has 0 saturated carbocycles. The Morgan fingerprint density at radius 1 is 0.577 bits per heavy atom. The van der Waals surface area contributed by atoms with Gasteiger partial charge in [-0.2, -0.15) is 0 Å². The summed E-state index contributed by atoms with van der Waals surface area (Å²) in [5.41, 5.74) is 2.30. The van der Waals surface area contributed by atoms with Crippen LogP contribution in [0, 0.1) is 0 Å². The van der Waals surface area contributed by atoms with Gasteiger partial charge in [0, 0.05) is 32.1 Å². The Morgan fingerprint density at radius 2 is 1.35 bits per heavy atom. The summed E-state index contributed by atoms with van der Waals surface area (Å²) in [6.45, 7) is 0. The number of benzene rings is 5. The first-order valence-electron chi connectivity index (χ1n) is 8.74. The van der Waals surface area contributed by atoms with Gasteiger partial charge in [-0.3, -0.25) is 0 Å². The Balaban J connectivity index is 2.07. The average Bonchev–Trinajstić information content (AvgIpc) is 3.06. The lowest BCUT2D eigenvalue weighted by Gasteiger charge is -2.10. The van der Waals surface area contributed by atoms with Crippen LogP contribution in [-0.2, 0) is 0 Å². The standard InChI is InChI=1S/C24H14ClN/c25-15-10-12-21-20(13-15)23-22-16-6-2-1-5-14(16)9-11-18(22)17-7-3-4-8-19(17)24(23)26-21/h1-13,26H. The number of H-pyrrole nitrogens is 1. The lowest BCUT2D eigenvalue weighted by Crippen LogP contribution is -1.83. The van der Waals surface area contributed by atoms with Gasteiger partial charge >= 0.3 is 0 Å². The number of aromatic amines is 1. The predicted octanol–water partition coefficient (Wildman–Crippen LogP) is 7.43. The van der Waals surface area contributed by atoms with Crippen molar-refractivity contribution in [3.05, 3.63) is 83.9 Å². The Kier molecular flexibility index (Phi) is 2.72. The highest BCUT2D eigenvalue weighted by atomic mass is 35.5. The van der Waals surface area contributed by atoms with Crippen LogP contribution < -0.4 is 0 Å². The van der Waals surface area contributed by atoms with Gasteiger partial charge in [0.05, 0.1) is 5.52 Å². The number of hydrogen-bond acceptors (Lipinski definition) is 0. The van der Waals surface area contributed by atoms with Crippen molar-refractivity contribution in [1.82, 2.24) is 4.98 Å². The molecule has 0 aliphatic carbocycles. The van der Waals surface area contributed by atoms with Crippen molar-refractivity contribution >= 4 is 65.7 Å². The summed E-state index contributed by atoms with van der Waals surface area (Å²) in [5, 5.41) is 10.8. The van der Waals surface area contributed by atoms with Crippen LogP contribution in [-0.4, -0.2) is 4.98 Å². The number of hydrogen-bond donors (Lipinski definition) is 1. The lowest BCUT2D eigenvalue weighted by molar-refractivity contribution is 1.56. The van der Waals surface area contributed by atoms with Gasteiger partial charge in [0.25, 0.3) is 0 Å². The summed E-state index contributed by atoms with van der Waals surface area (Å²) in [6.07, 6.45) is 0. The Bertz CT molecular complexity index is 1490. The molecular formula is C24H14ClN. The molecule has 1 N–H and O–H groups in total. The van der Waals surface area contributed by atoms with E-state index in [1.165, 1.54) is 48.6 Å². The number of fused-ring (bicyclic) bond motifs is 10. The summed E-state index contributed by atoms with van der Waals surface area (Å²) in [4.78, 5) is 3.65. The second-order valence-corrected chi connectivity index (χ2v) is 7.26. The highest BCUT2D eigenvalue weighted by molar-refractivity contribution is 6.37. The summed E-state index contributed by atoms with van der Waals surface area (Å²) in [5.74, 6) is 0. The third kappa shape index (κ3) is 1.76. The highest BCUT2D eigenvalue weighted by Gasteiger charge is 2.15. The minimum absolute atomic E-state index is 0.764. The molecule has 0 bridgehead atoms. The first-order valence-corrected chi connectivity index (χ1v) is 9.12. The average molecular weight is 352 g/mol. The fourth-order valence-corrected chi connectivity index (χ4v) is 4.50. The van der Waals surface area contributed by atoms with Crippen LogP contribution in [0.1, 0.15) is 0 Å². The molecule has 6 aromatic rings. The Labute approximate surface area is 154 Å². The van der Waals surface area contributed by atoms with E-state index in [1.807, 2.05) is 6.07 Å². The third-order valence-electron chi connectivity index (χ3n) is 5.43. The molecule has 0 saturated heterocycles. The maximum absolute atomic E-state index is 6.35. The molecule has 1 heterocycles. The Hall–Kier alpha value is -3.03. The second-order valence-electron chi connectivity index (χ2n) is 6.82. The molecule has 0 atom stereocenters. The van der Waals surface area contributed by atoms with Gasteiger partial charge in [0.15, 0.2) is 0 Å². The van der Waals surface area contributed by atoms with Crippen LogP contribution in [0.5, 0.6) is 0 Å². The molecule has 2 heteroatoms. The van der Waals surface area contributed by atoms with Crippen molar-refractivity contribution in [2.45, 2.75) is 0 Å². The summed E-state index contributed by atoms with van der Waals surface area (Å²) in [6, 6.07) is 27.8. The molecule has 0 radical (unpaired) electrons. The van der Waals surface area contributed by atoms with E-state index < -0.39 is 0 Å². The first kappa shape index (κ1) is 14.2. The monoisotopic (exact) mass is 351 g/mol. The van der Waals surface area contributed by atoms with Gasteiger partial charge < -0.3 is 4.98 Å². The molecule has 1 aromatic heterocycles. The van der Waals surface area contributed by atoms with E-state index >= 15 is 0 Å². The minimum atomic E-state index is 0.764. The molecule has 1 nitrogen and oxygen atoms in total. The van der Waals surface area contributed by atoms with Crippen LogP contribution in [0.3, 0.4) is 0 Å². The van der Waals surface area contributed by atoms with E-state index in [1.54, 1.807) is 0 Å². The van der Waals surface area contributed by atoms with Crippen molar-refractivity contribution < 1.29 is 0 Å². The fraction of sp³-hybridized carbons (Fsp3) is 0. The van der Waals surface area contributed by atoms with Gasteiger partial charge in [-0.05, 0) is 39.7 Å². The molecule has 122 valence electrons. The van der Waals surface area contributed by atoms with E-state index in [0.29, 0.717) is 0 Å². The van der Waals surface area contributed by atoms with E-state index in [-0.39, 0.29) is 0 Å². The molecule has 0 aliphatic heterocycles. The summed E-state index contributed by atoms with van der Waals surface area (Å²) >= 11 is 6.35. The van der Waals surface area contributed by atoms with E-state index in [0.717, 1.165) is 10.5 Å². The van der Waals surface area contributed by atoms with Crippen molar-refractivity contribution in [3.8, 4) is 0 Å². The quantitative estimate of drug-likeness (QED) is 0.274. The third-order valence-corrected chi connectivity index (χ3v) is 5.66. The molecule has 5 aromatic carbocycles. The SMILES string of the molecule is Clc1ccc2[nH]c3c4ccccc4c4ccc5ccccc5c4c3c2c1. The van der Waals surface area contributed by atoms with Crippen LogP contribution >= 0.6 is 11.6 Å². The summed E-state index contributed by atoms with van der Waals surface area (Å²) < 4.78 is 0. The fourth-order valence-electron chi connectivity index (χ4n) is 4.33. The topological polar surface area (TPSA) is 15.8 Å². The van der Waals surface area contributed by atoms with Gasteiger partial charge in [0.2, 0.25) is 0 Å². The van der Waals surface area contributed by atoms with Gasteiger partial charge in [-0.1, -0.05) is 72.3 Å². The van der Waals surface area contributed by atoms with E-state index in [2.05, 4.69) is 77.8 Å². The molecule has 0 unspecified atom stereocenters. The number of nitrogens with one attached hydrogen (secondary N) is 1. The number of aromatic nitrogens is 1. The molecular weight excluding hydrogens is 338 g/mol. The largest absolute Gasteiger partial charge is 0.354 e. The summed E-state index contributed by atoms with van der Waals surface area (Å²) in [7, 11) is 0. The molecule has 0 amide bonds. The molecule has 0 spiro atoms. The Morgan fingerprint density at radius 3 is 2.23 bits per heavy atom. The number of halogens is 1. The predicted molar refractivity (Wildman–Crippen MR) is 113 cm³/mol. The van der Waals surface area contributed by atoms with Gasteiger partial charge in [-0.25, -0.2) is 0 Å². The zero-order valence-corrected chi connectivity index (χ0v) is 14.6. The van der Waals surface area contributed by atoms with E-state index in [4.69, 9.17) is 11.6 Å². The zero-order chi connectivity index (χ0) is 17.3. The maximum atomic E-state index is 6.35.